The molecule has 0 saturated carbocycles. The highest BCUT2D eigenvalue weighted by Gasteiger charge is 2.26. The van der Waals surface area contributed by atoms with E-state index in [1.165, 1.54) is 31.0 Å². The zero-order valence-electron chi connectivity index (χ0n) is 68.6. The lowest BCUT2D eigenvalue weighted by atomic mass is 9.97. The molecule has 0 bridgehead atoms. The number of hydrogen-bond donors (Lipinski definition) is 0. The minimum absolute atomic E-state index is 0.208. The van der Waals surface area contributed by atoms with Crippen LogP contribution < -0.4 is 18.3 Å². The van der Waals surface area contributed by atoms with Crippen LogP contribution in [0, 0.1) is 53.2 Å². The molecule has 12 heteroatoms. The number of aryl methyl sites for hydroxylation is 10. The first-order valence-corrected chi connectivity index (χ1v) is 33.1. The average Bonchev–Trinajstić information content (AvgIpc) is 1.67. The molecular formula is C88H82FN7O4+4. The first-order chi connectivity index (χ1) is 52.6. The van der Waals surface area contributed by atoms with Crippen molar-refractivity contribution in [2.45, 2.75) is 81.3 Å². The van der Waals surface area contributed by atoms with E-state index in [1.54, 1.807) is 61.3 Å². The van der Waals surface area contributed by atoms with Crippen molar-refractivity contribution < 1.29 is 55.4 Å². The topological polar surface area (TPSA) is 107 Å². The molecule has 496 valence electrons. The molecule has 2 atom stereocenters. The second kappa shape index (κ2) is 27.1. The number of pyridine rings is 7. The molecule has 17 rings (SSSR count). The summed E-state index contributed by atoms with van der Waals surface area (Å²) in [4.78, 5) is 13.0. The van der Waals surface area contributed by atoms with Gasteiger partial charge < -0.3 is 17.7 Å². The van der Waals surface area contributed by atoms with Crippen LogP contribution in [-0.2, 0) is 34.6 Å². The molecule has 2 unspecified atom stereocenters. The van der Waals surface area contributed by atoms with Crippen LogP contribution in [0.5, 0.6) is 0 Å². The van der Waals surface area contributed by atoms with E-state index in [-0.39, 0.29) is 12.0 Å². The molecule has 0 aliphatic rings. The highest BCUT2D eigenvalue weighted by molar-refractivity contribution is 6.12. The number of rotatable bonds is 8. The van der Waals surface area contributed by atoms with Gasteiger partial charge in [-0.2, -0.15) is 0 Å². The smallest absolute Gasteiger partial charge is 0.227 e. The van der Waals surface area contributed by atoms with E-state index in [4.69, 9.17) is 32.7 Å². The summed E-state index contributed by atoms with van der Waals surface area (Å²) in [5.74, 6) is -4.01. The van der Waals surface area contributed by atoms with E-state index in [1.807, 2.05) is 140 Å². The molecule has 0 radical (unpaired) electrons. The van der Waals surface area contributed by atoms with Gasteiger partial charge in [-0.25, -0.2) is 37.6 Å². The van der Waals surface area contributed by atoms with Gasteiger partial charge in [0.15, 0.2) is 41.5 Å². The van der Waals surface area contributed by atoms with Crippen molar-refractivity contribution >= 4 is 88.1 Å². The Hall–Kier alpha value is -11.5. The molecule has 6 aromatic carbocycles. The maximum Gasteiger partial charge on any atom is 0.227 e. The van der Waals surface area contributed by atoms with E-state index in [0.717, 1.165) is 138 Å². The monoisotopic (exact) mass is 1330 g/mol. The second-order valence-corrected chi connectivity index (χ2v) is 25.8. The Bertz CT molecular complexity index is 6510. The molecule has 100 heavy (non-hydrogen) atoms. The van der Waals surface area contributed by atoms with Crippen LogP contribution in [-0.4, -0.2) is 15.0 Å². The normalized spacial score (nSPS) is 14.7. The molecule has 11 aromatic heterocycles. The fourth-order valence-electron chi connectivity index (χ4n) is 13.5. The van der Waals surface area contributed by atoms with Crippen molar-refractivity contribution in [2.24, 2.45) is 34.1 Å². The van der Waals surface area contributed by atoms with E-state index in [2.05, 4.69) is 108 Å². The molecular weight excluding hydrogens is 1240 g/mol. The molecule has 17 aromatic rings. The van der Waals surface area contributed by atoms with Crippen LogP contribution in [0.2, 0.25) is 0 Å². The predicted molar refractivity (Wildman–Crippen MR) is 401 cm³/mol. The Kier molecular flexibility index (Phi) is 14.5. The first kappa shape index (κ1) is 53.5. The Morgan fingerprint density at radius 2 is 0.890 bits per heavy atom. The molecule has 0 fully saturated rings. The molecule has 0 saturated heterocycles. The predicted octanol–water partition coefficient (Wildman–Crippen LogP) is 20.5. The summed E-state index contributed by atoms with van der Waals surface area (Å²) in [6.07, 6.45) is 12.5. The van der Waals surface area contributed by atoms with Crippen LogP contribution in [0.3, 0.4) is 0 Å². The molecule has 0 aliphatic carbocycles. The van der Waals surface area contributed by atoms with Gasteiger partial charge in [-0.3, -0.25) is 0 Å². The zero-order chi connectivity index (χ0) is 79.1. The summed E-state index contributed by atoms with van der Waals surface area (Å²) >= 11 is 0. The van der Waals surface area contributed by atoms with Crippen molar-refractivity contribution in [1.82, 2.24) is 15.0 Å². The van der Waals surface area contributed by atoms with Crippen molar-refractivity contribution in [2.75, 3.05) is 0 Å². The third kappa shape index (κ3) is 12.4. The second-order valence-electron chi connectivity index (χ2n) is 25.8. The van der Waals surface area contributed by atoms with Gasteiger partial charge in [0.1, 0.15) is 45.2 Å². The highest BCUT2D eigenvalue weighted by Crippen LogP contribution is 2.41. The van der Waals surface area contributed by atoms with Gasteiger partial charge in [0.25, 0.3) is 0 Å². The van der Waals surface area contributed by atoms with Gasteiger partial charge in [0, 0.05) is 124 Å². The fourth-order valence-corrected chi connectivity index (χ4v) is 13.5. The summed E-state index contributed by atoms with van der Waals surface area (Å²) in [5, 5.41) is 8.18. The van der Waals surface area contributed by atoms with Crippen molar-refractivity contribution in [3.63, 3.8) is 0 Å². The summed E-state index contributed by atoms with van der Waals surface area (Å²) in [6, 6.07) is 56.3. The number of furan rings is 4. The summed E-state index contributed by atoms with van der Waals surface area (Å²) in [5.41, 5.74) is 21.9. The molecule has 0 N–H and O–H groups in total. The van der Waals surface area contributed by atoms with Gasteiger partial charge in [-0.05, 0) is 171 Å². The minimum Gasteiger partial charge on any atom is -0.455 e. The maximum atomic E-state index is 14.6. The van der Waals surface area contributed by atoms with Crippen molar-refractivity contribution in [3.8, 4) is 56.2 Å². The van der Waals surface area contributed by atoms with Crippen LogP contribution in [0.25, 0.3) is 144 Å². The van der Waals surface area contributed by atoms with E-state index in [9.17, 15) is 4.39 Å². The zero-order valence-corrected chi connectivity index (χ0v) is 57.6. The summed E-state index contributed by atoms with van der Waals surface area (Å²) < 4.78 is 133. The summed E-state index contributed by atoms with van der Waals surface area (Å²) in [7, 11) is 7.77. The average molecular weight is 1330 g/mol. The Morgan fingerprint density at radius 1 is 0.420 bits per heavy atom. The molecule has 0 amide bonds. The SMILES string of the molecule is Cc1cc[n+](C)c(-c2c(C)ccc3c2oc2ncccc23)c1.[2H]C([2H])([2H])C([2H])(C)Cc1cc(-c2ccc(-c3c(C)ccc4c3oc3ccccc34)[n+](C)c2)ccc1F.[2H]C([2H])([2H])C([2H])(C)c1cc[n+](C)c(-c2c(C)ccc3c2oc2ncccc23)c1.[2H]C([2H])([2H])c1ccc(-c2c(C)ccc3c2oc2ncccc23)[n+](C)c1. The van der Waals surface area contributed by atoms with E-state index < -0.39 is 38.2 Å². The number of aromatic nitrogens is 7. The lowest BCUT2D eigenvalue weighted by Gasteiger charge is -2.10. The number of halogens is 1. The van der Waals surface area contributed by atoms with Crippen LogP contribution in [0.1, 0.15) is 93.0 Å². The number of fused-ring (bicyclic) bond motifs is 12. The Balaban J connectivity index is 0.000000125. The van der Waals surface area contributed by atoms with Crippen LogP contribution >= 0.6 is 0 Å². The van der Waals surface area contributed by atoms with E-state index in [0.29, 0.717) is 33.9 Å². The Morgan fingerprint density at radius 3 is 1.41 bits per heavy atom. The molecule has 11 nitrogen and oxygen atoms in total. The third-order valence-electron chi connectivity index (χ3n) is 18.6. The van der Waals surface area contributed by atoms with Crippen molar-refractivity contribution in [1.29, 1.82) is 0 Å². The lowest BCUT2D eigenvalue weighted by molar-refractivity contribution is -0.660. The first-order valence-electron chi connectivity index (χ1n) is 38.6. The minimum atomic E-state index is -2.51. The number of para-hydroxylation sites is 1. The van der Waals surface area contributed by atoms with Gasteiger partial charge in [0.2, 0.25) is 39.9 Å². The lowest BCUT2D eigenvalue weighted by Crippen LogP contribution is -2.31. The van der Waals surface area contributed by atoms with Crippen molar-refractivity contribution in [3.05, 3.63) is 270 Å². The van der Waals surface area contributed by atoms with Crippen LogP contribution in [0.15, 0.2) is 237 Å². The standard InChI is InChI=1S/C29H27FNO.C21H21N2O.2C19H17N2O/c1-18(2)15-22-16-20(10-13-25(22)30)21-11-14-26(31(4)17-21)28-19(3)9-12-24-23-7-5-6-8-27(23)32-29(24)28;1-13(2)15-9-11-23(4)18(12-15)19-14(3)7-8-16-17-6-5-10-22-21(17)24-20(16)19;1-12-6-9-16(21(3)11-12)17-13(2)7-8-14-15-5-4-10-20-19(15)22-18(14)17;1-12-8-10-21(3)16(11-12)17-13(2)6-7-14-15-5-4-9-20-19(15)22-18(14)17/h5-14,16-18H,15H2,1-4H3;5-13H,1-4H3;2*4-11H,1-3H3/q4*+1/i1D3,18D;1D3,13D;1D3;. The number of nitrogens with zero attached hydrogens (tertiary/aromatic N) is 7. The van der Waals surface area contributed by atoms with Gasteiger partial charge in [-0.15, -0.1) is 0 Å². The number of benzene rings is 6. The molecule has 0 aliphatic heterocycles. The molecule has 11 heterocycles. The molecule has 0 spiro atoms. The number of hydrogen-bond acceptors (Lipinski definition) is 7. The van der Waals surface area contributed by atoms with Gasteiger partial charge >= 0.3 is 0 Å². The van der Waals surface area contributed by atoms with Crippen LogP contribution in [0.4, 0.5) is 4.39 Å². The largest absolute Gasteiger partial charge is 0.455 e. The van der Waals surface area contributed by atoms with Gasteiger partial charge in [-0.1, -0.05) is 100 Å². The Labute approximate surface area is 597 Å². The van der Waals surface area contributed by atoms with E-state index >= 15 is 0 Å². The third-order valence-corrected chi connectivity index (χ3v) is 18.6. The van der Waals surface area contributed by atoms with Gasteiger partial charge in [0.05, 0.1) is 22.3 Å². The fraction of sp³-hybridized carbons (Fsp3) is 0.193. The summed E-state index contributed by atoms with van der Waals surface area (Å²) in [6.45, 7) is 5.98. The quantitative estimate of drug-likeness (QED) is 0.140. The maximum absolute atomic E-state index is 14.6. The highest BCUT2D eigenvalue weighted by atomic mass is 19.1.